The van der Waals surface area contributed by atoms with Crippen LogP contribution in [0.4, 0.5) is 10.1 Å². The van der Waals surface area contributed by atoms with Crippen molar-refractivity contribution in [2.45, 2.75) is 25.5 Å². The topological polar surface area (TPSA) is 99.2 Å². The maximum Gasteiger partial charge on any atom is 0.326 e. The van der Waals surface area contributed by atoms with E-state index in [1.54, 1.807) is 11.8 Å². The van der Waals surface area contributed by atoms with E-state index in [4.69, 9.17) is 4.74 Å². The van der Waals surface area contributed by atoms with Gasteiger partial charge in [0.15, 0.2) is 5.82 Å². The second-order valence-corrected chi connectivity index (χ2v) is 7.79. The first-order valence-electron chi connectivity index (χ1n) is 7.90. The molecule has 1 aromatic carbocycles. The first kappa shape index (κ1) is 17.9. The molecule has 8 nitrogen and oxygen atoms in total. The Bertz CT molecular complexity index is 754. The molecule has 0 atom stereocenters. The Morgan fingerprint density at radius 3 is 2.56 bits per heavy atom. The number of anilines is 1. The van der Waals surface area contributed by atoms with Gasteiger partial charge in [0.05, 0.1) is 6.10 Å². The van der Waals surface area contributed by atoms with Gasteiger partial charge in [-0.1, -0.05) is 0 Å². The summed E-state index contributed by atoms with van der Waals surface area (Å²) in [6.45, 7) is 1.46. The number of carbonyl (C=O) groups excluding carboxylic acids is 1. The van der Waals surface area contributed by atoms with Crippen molar-refractivity contribution >= 4 is 21.8 Å². The van der Waals surface area contributed by atoms with Crippen molar-refractivity contribution in [1.82, 2.24) is 9.62 Å². The minimum absolute atomic E-state index is 0.231. The molecule has 0 saturated carbocycles. The number of benzene rings is 1. The Morgan fingerprint density at radius 2 is 2.04 bits per heavy atom. The third kappa shape index (κ3) is 3.70. The predicted molar refractivity (Wildman–Crippen MR) is 87.8 cm³/mol. The van der Waals surface area contributed by atoms with Crippen LogP contribution in [0.1, 0.15) is 18.4 Å². The molecule has 2 N–H and O–H groups in total. The number of aromatic hydroxyl groups is 1. The number of ether oxygens (including phenoxy) is 1. The van der Waals surface area contributed by atoms with Crippen LogP contribution in [0.25, 0.3) is 0 Å². The highest BCUT2D eigenvalue weighted by Gasteiger charge is 2.37. The number of nitrogens with one attached hydrogen (secondary N) is 1. The van der Waals surface area contributed by atoms with Gasteiger partial charge >= 0.3 is 10.2 Å². The standard InChI is InChI=1S/C15H20FN3O5S/c1-24-11-2-4-18(5-3-11)8-10-6-12(16)15(13(20)7-10)19-9-14(21)17-25(19,22)23/h6-7,11,20H,2-5,8-9H2,1H3,(H,17,21). The van der Waals surface area contributed by atoms with Crippen LogP contribution in [-0.4, -0.2) is 57.2 Å². The number of methoxy groups -OCH3 is 1. The van der Waals surface area contributed by atoms with Gasteiger partial charge in [0.25, 0.3) is 5.91 Å². The van der Waals surface area contributed by atoms with Crippen molar-refractivity contribution in [1.29, 1.82) is 0 Å². The molecule has 2 aliphatic heterocycles. The quantitative estimate of drug-likeness (QED) is 0.789. The first-order valence-corrected chi connectivity index (χ1v) is 9.34. The summed E-state index contributed by atoms with van der Waals surface area (Å²) in [7, 11) is -2.49. The number of piperidine rings is 1. The molecule has 138 valence electrons. The van der Waals surface area contributed by atoms with E-state index in [0.29, 0.717) is 16.4 Å². The van der Waals surface area contributed by atoms with E-state index in [1.165, 1.54) is 12.1 Å². The predicted octanol–water partition coefficient (Wildman–Crippen LogP) is 0.323. The summed E-state index contributed by atoms with van der Waals surface area (Å²) in [5.41, 5.74) is 0.0192. The molecule has 0 spiro atoms. The Labute approximate surface area is 145 Å². The number of halogens is 1. The highest BCUT2D eigenvalue weighted by atomic mass is 32.2. The Morgan fingerprint density at radius 1 is 1.36 bits per heavy atom. The number of likely N-dealkylation sites (tertiary alicyclic amines) is 1. The zero-order valence-electron chi connectivity index (χ0n) is 13.7. The lowest BCUT2D eigenvalue weighted by atomic mass is 10.1. The van der Waals surface area contributed by atoms with E-state index in [9.17, 15) is 22.7 Å². The maximum absolute atomic E-state index is 14.5. The fraction of sp³-hybridized carbons (Fsp3) is 0.533. The fourth-order valence-corrected chi connectivity index (χ4v) is 4.36. The lowest BCUT2D eigenvalue weighted by Gasteiger charge is -2.31. The Balaban J connectivity index is 1.78. The van der Waals surface area contributed by atoms with E-state index in [-0.39, 0.29) is 6.10 Å². The highest BCUT2D eigenvalue weighted by molar-refractivity contribution is 7.92. The number of amides is 1. The van der Waals surface area contributed by atoms with Gasteiger partial charge in [-0.05, 0) is 30.5 Å². The molecule has 1 amide bonds. The largest absolute Gasteiger partial charge is 0.506 e. The zero-order valence-corrected chi connectivity index (χ0v) is 14.6. The molecule has 10 heteroatoms. The Kier molecular flexibility index (Phi) is 4.85. The zero-order chi connectivity index (χ0) is 18.2. The number of hydrogen-bond donors (Lipinski definition) is 2. The smallest absolute Gasteiger partial charge is 0.326 e. The lowest BCUT2D eigenvalue weighted by molar-refractivity contribution is -0.117. The molecule has 0 unspecified atom stereocenters. The van der Waals surface area contributed by atoms with Crippen LogP contribution >= 0.6 is 0 Å². The van der Waals surface area contributed by atoms with Crippen LogP contribution in [0, 0.1) is 5.82 Å². The molecule has 0 aromatic heterocycles. The molecule has 2 fully saturated rings. The van der Waals surface area contributed by atoms with E-state index < -0.39 is 39.9 Å². The molecule has 0 radical (unpaired) electrons. The summed E-state index contributed by atoms with van der Waals surface area (Å²) in [5, 5.41) is 10.1. The van der Waals surface area contributed by atoms with Gasteiger partial charge in [0.2, 0.25) is 0 Å². The average molecular weight is 373 g/mol. The normalized spacial score (nSPS) is 21.5. The molecule has 25 heavy (non-hydrogen) atoms. The number of rotatable bonds is 4. The molecule has 2 saturated heterocycles. The fourth-order valence-electron chi connectivity index (χ4n) is 3.18. The van der Waals surface area contributed by atoms with Gasteiger partial charge in [-0.3, -0.25) is 9.69 Å². The van der Waals surface area contributed by atoms with Crippen molar-refractivity contribution in [3.8, 4) is 5.75 Å². The van der Waals surface area contributed by atoms with Gasteiger partial charge in [-0.2, -0.15) is 8.42 Å². The molecular weight excluding hydrogens is 353 g/mol. The molecule has 0 aliphatic carbocycles. The average Bonchev–Trinajstić information content (AvgIpc) is 2.80. The molecule has 1 aromatic rings. The summed E-state index contributed by atoms with van der Waals surface area (Å²) in [6, 6.07) is 2.52. The van der Waals surface area contributed by atoms with Gasteiger partial charge in [-0.25, -0.2) is 13.4 Å². The van der Waals surface area contributed by atoms with Gasteiger partial charge < -0.3 is 9.84 Å². The number of nitrogens with zero attached hydrogens (tertiary/aromatic N) is 2. The van der Waals surface area contributed by atoms with Crippen LogP contribution in [0.15, 0.2) is 12.1 Å². The molecular formula is C15H20FN3O5S. The SMILES string of the molecule is COC1CCN(Cc2cc(O)c(N3CC(=O)NS3(=O)=O)c(F)c2)CC1. The van der Waals surface area contributed by atoms with E-state index in [0.717, 1.165) is 25.9 Å². The third-order valence-corrected chi connectivity index (χ3v) is 5.82. The van der Waals surface area contributed by atoms with Gasteiger partial charge in [0, 0.05) is 26.7 Å². The summed E-state index contributed by atoms with van der Waals surface area (Å²) in [6.07, 6.45) is 1.99. The summed E-state index contributed by atoms with van der Waals surface area (Å²) < 4.78 is 45.7. The summed E-state index contributed by atoms with van der Waals surface area (Å²) in [5.74, 6) is -2.17. The monoisotopic (exact) mass is 373 g/mol. The highest BCUT2D eigenvalue weighted by Crippen LogP contribution is 2.35. The van der Waals surface area contributed by atoms with Crippen LogP contribution < -0.4 is 9.03 Å². The second-order valence-electron chi connectivity index (χ2n) is 6.19. The van der Waals surface area contributed by atoms with Crippen LogP contribution in [0.3, 0.4) is 0 Å². The number of phenols is 1. The molecule has 2 heterocycles. The Hall–Kier alpha value is -1.91. The maximum atomic E-state index is 14.5. The minimum atomic E-state index is -4.17. The molecule has 0 bridgehead atoms. The van der Waals surface area contributed by atoms with Crippen molar-refractivity contribution in [2.75, 3.05) is 31.0 Å². The van der Waals surface area contributed by atoms with Crippen LogP contribution in [-0.2, 0) is 26.3 Å². The van der Waals surface area contributed by atoms with E-state index >= 15 is 0 Å². The van der Waals surface area contributed by atoms with E-state index in [1.807, 2.05) is 0 Å². The van der Waals surface area contributed by atoms with Crippen molar-refractivity contribution < 1.29 is 27.4 Å². The molecule has 2 aliphatic rings. The van der Waals surface area contributed by atoms with Crippen molar-refractivity contribution in [3.05, 3.63) is 23.5 Å². The van der Waals surface area contributed by atoms with Gasteiger partial charge in [-0.15, -0.1) is 0 Å². The minimum Gasteiger partial charge on any atom is -0.506 e. The summed E-state index contributed by atoms with van der Waals surface area (Å²) >= 11 is 0. The van der Waals surface area contributed by atoms with Crippen molar-refractivity contribution in [3.63, 3.8) is 0 Å². The number of hydrogen-bond acceptors (Lipinski definition) is 6. The number of carbonyl (C=O) groups is 1. The second kappa shape index (κ2) is 6.77. The van der Waals surface area contributed by atoms with Crippen LogP contribution in [0.2, 0.25) is 0 Å². The van der Waals surface area contributed by atoms with E-state index in [2.05, 4.69) is 4.90 Å². The van der Waals surface area contributed by atoms with Crippen LogP contribution in [0.5, 0.6) is 5.75 Å². The lowest BCUT2D eigenvalue weighted by Crippen LogP contribution is -2.36. The van der Waals surface area contributed by atoms with Crippen molar-refractivity contribution in [2.24, 2.45) is 0 Å². The first-order chi connectivity index (χ1) is 11.8. The third-order valence-electron chi connectivity index (χ3n) is 4.45. The molecule has 3 rings (SSSR count). The number of phenolic OH excluding ortho intramolecular Hbond substituents is 1. The van der Waals surface area contributed by atoms with Gasteiger partial charge in [0.1, 0.15) is 18.0 Å². The summed E-state index contributed by atoms with van der Waals surface area (Å²) in [4.78, 5) is 13.4.